The maximum atomic E-state index is 10.6. The van der Waals surface area contributed by atoms with E-state index in [4.69, 9.17) is 9.15 Å². The fourth-order valence-electron chi connectivity index (χ4n) is 2.21. The molecule has 1 N–H and O–H groups in total. The van der Waals surface area contributed by atoms with Crippen LogP contribution >= 0.6 is 0 Å². The second-order valence-electron chi connectivity index (χ2n) is 5.26. The molecule has 2 aromatic heterocycles. The molecule has 136 valence electrons. The molecule has 2 aromatic rings. The van der Waals surface area contributed by atoms with Crippen LogP contribution in [0.5, 0.6) is 5.75 Å². The number of hydrogen-bond donors (Lipinski definition) is 1. The lowest BCUT2D eigenvalue weighted by Crippen LogP contribution is -2.33. The largest absolute Gasteiger partial charge is 0.489 e. The van der Waals surface area contributed by atoms with E-state index in [2.05, 4.69) is 34.0 Å². The van der Waals surface area contributed by atoms with Crippen LogP contribution in [0.1, 0.15) is 13.8 Å². The van der Waals surface area contributed by atoms with Gasteiger partial charge in [-0.15, -0.1) is 0 Å². The van der Waals surface area contributed by atoms with Gasteiger partial charge in [0.1, 0.15) is 11.5 Å². The molecule has 0 atom stereocenters. The van der Waals surface area contributed by atoms with Gasteiger partial charge >= 0.3 is 5.88 Å². The average molecular weight is 349 g/mol. The number of nitro groups is 1. The molecule has 0 fully saturated rings. The lowest BCUT2D eigenvalue weighted by Gasteiger charge is -2.17. The van der Waals surface area contributed by atoms with Gasteiger partial charge in [-0.25, -0.2) is 9.97 Å². The van der Waals surface area contributed by atoms with Gasteiger partial charge in [0.05, 0.1) is 18.5 Å². The summed E-state index contributed by atoms with van der Waals surface area (Å²) in [5.41, 5.74) is 0. The van der Waals surface area contributed by atoms with E-state index >= 15 is 0 Å². The van der Waals surface area contributed by atoms with Crippen molar-refractivity contribution >= 4 is 5.88 Å². The highest BCUT2D eigenvalue weighted by Gasteiger charge is 2.14. The molecule has 25 heavy (non-hydrogen) atoms. The van der Waals surface area contributed by atoms with Crippen LogP contribution in [0.25, 0.3) is 11.6 Å². The van der Waals surface area contributed by atoms with Gasteiger partial charge in [-0.05, 0) is 19.2 Å². The Morgan fingerprint density at radius 3 is 2.56 bits per heavy atom. The number of nitrogens with one attached hydrogen (secondary N) is 1. The molecule has 0 amide bonds. The summed E-state index contributed by atoms with van der Waals surface area (Å²) in [5, 5.41) is 13.9. The van der Waals surface area contributed by atoms with Gasteiger partial charge in [0.2, 0.25) is 0 Å². The number of likely N-dealkylation sites (N-methyl/N-ethyl adjacent to an activating group) is 1. The summed E-state index contributed by atoms with van der Waals surface area (Å²) < 4.78 is 10.6. The highest BCUT2D eigenvalue weighted by molar-refractivity contribution is 5.48. The van der Waals surface area contributed by atoms with Crippen molar-refractivity contribution in [1.82, 2.24) is 20.2 Å². The maximum absolute atomic E-state index is 10.6. The van der Waals surface area contributed by atoms with Gasteiger partial charge in [0.25, 0.3) is 0 Å². The number of furan rings is 1. The second kappa shape index (κ2) is 9.70. The number of nitrogens with zero attached hydrogens (tertiary/aromatic N) is 4. The van der Waals surface area contributed by atoms with Gasteiger partial charge in [-0.2, -0.15) is 0 Å². The summed E-state index contributed by atoms with van der Waals surface area (Å²) >= 11 is 0. The molecule has 0 aliphatic heterocycles. The average Bonchev–Trinajstić information content (AvgIpc) is 3.12. The number of rotatable bonds is 11. The highest BCUT2D eigenvalue weighted by Crippen LogP contribution is 2.23. The zero-order valence-corrected chi connectivity index (χ0v) is 14.5. The monoisotopic (exact) mass is 349 g/mol. The fraction of sp³-hybridized carbons (Fsp3) is 0.500. The molecule has 0 radical (unpaired) electrons. The summed E-state index contributed by atoms with van der Waals surface area (Å²) in [7, 11) is 0. The first kappa shape index (κ1) is 18.8. The van der Waals surface area contributed by atoms with Crippen LogP contribution in [0, 0.1) is 10.1 Å². The van der Waals surface area contributed by atoms with Crippen LogP contribution in [0.15, 0.2) is 28.9 Å². The molecule has 0 aromatic carbocycles. The predicted molar refractivity (Wildman–Crippen MR) is 92.5 cm³/mol. The minimum Gasteiger partial charge on any atom is -0.489 e. The highest BCUT2D eigenvalue weighted by atomic mass is 16.6. The van der Waals surface area contributed by atoms with E-state index in [-0.39, 0.29) is 17.5 Å². The van der Waals surface area contributed by atoms with E-state index in [1.54, 1.807) is 0 Å². The van der Waals surface area contributed by atoms with Gasteiger partial charge < -0.3 is 19.4 Å². The van der Waals surface area contributed by atoms with Crippen molar-refractivity contribution in [2.24, 2.45) is 0 Å². The molecule has 0 aliphatic carbocycles. The van der Waals surface area contributed by atoms with Crippen molar-refractivity contribution < 1.29 is 14.1 Å². The lowest BCUT2D eigenvalue weighted by molar-refractivity contribution is -0.401. The molecule has 9 heteroatoms. The standard InChI is InChI=1S/C16H23N5O4/c1-3-20(4-2)9-7-17-8-10-24-13-11-18-16(19-12-13)14-5-6-15(25-14)21(22)23/h5-6,11-12,17H,3-4,7-10H2,1-2H3. The number of ether oxygens (including phenoxy) is 1. The zero-order chi connectivity index (χ0) is 18.1. The Balaban J connectivity index is 1.72. The topological polar surface area (TPSA) is 107 Å². The van der Waals surface area contributed by atoms with Gasteiger partial charge in [-0.1, -0.05) is 13.8 Å². The number of hydrogen-bond acceptors (Lipinski definition) is 8. The summed E-state index contributed by atoms with van der Waals surface area (Å²) in [6, 6.07) is 2.74. The minimum absolute atomic E-state index is 0.247. The normalized spacial score (nSPS) is 11.0. The summed E-state index contributed by atoms with van der Waals surface area (Å²) in [6.45, 7) is 9.57. The molecule has 9 nitrogen and oxygen atoms in total. The van der Waals surface area contributed by atoms with E-state index in [0.717, 1.165) is 32.7 Å². The Kier molecular flexibility index (Phi) is 7.30. The number of aromatic nitrogens is 2. The van der Waals surface area contributed by atoms with Gasteiger partial charge in [-0.3, -0.25) is 10.1 Å². The predicted octanol–water partition coefficient (Wildman–Crippen LogP) is 1.95. The van der Waals surface area contributed by atoms with Crippen LogP contribution in [-0.4, -0.2) is 59.1 Å². The molecule has 0 unspecified atom stereocenters. The molecular weight excluding hydrogens is 326 g/mol. The van der Waals surface area contributed by atoms with Crippen LogP contribution < -0.4 is 10.1 Å². The first-order valence-corrected chi connectivity index (χ1v) is 8.26. The Hall–Kier alpha value is -2.52. The second-order valence-corrected chi connectivity index (χ2v) is 5.26. The molecule has 0 saturated carbocycles. The molecule has 0 aliphatic rings. The van der Waals surface area contributed by atoms with E-state index in [1.807, 2.05) is 0 Å². The van der Waals surface area contributed by atoms with Crippen LogP contribution in [0.4, 0.5) is 5.88 Å². The van der Waals surface area contributed by atoms with E-state index < -0.39 is 4.92 Å². The summed E-state index contributed by atoms with van der Waals surface area (Å²) in [4.78, 5) is 20.6. The van der Waals surface area contributed by atoms with Crippen molar-refractivity contribution in [2.45, 2.75) is 13.8 Å². The molecule has 0 spiro atoms. The first-order valence-electron chi connectivity index (χ1n) is 8.26. The van der Waals surface area contributed by atoms with E-state index in [0.29, 0.717) is 12.4 Å². The lowest BCUT2D eigenvalue weighted by atomic mass is 10.4. The molecular formula is C16H23N5O4. The molecule has 0 bridgehead atoms. The van der Waals surface area contributed by atoms with Crippen molar-refractivity contribution in [3.8, 4) is 17.3 Å². The Bertz CT molecular complexity index is 655. The van der Waals surface area contributed by atoms with Crippen molar-refractivity contribution in [1.29, 1.82) is 0 Å². The SMILES string of the molecule is CCN(CC)CCNCCOc1cnc(-c2ccc([N+](=O)[O-])o2)nc1. The van der Waals surface area contributed by atoms with Gasteiger partial charge in [0, 0.05) is 19.6 Å². The van der Waals surface area contributed by atoms with E-state index in [1.165, 1.54) is 24.5 Å². The Labute approximate surface area is 146 Å². The van der Waals surface area contributed by atoms with E-state index in [9.17, 15) is 10.1 Å². The summed E-state index contributed by atoms with van der Waals surface area (Å²) in [6.07, 6.45) is 3.04. The minimum atomic E-state index is -0.603. The molecule has 0 saturated heterocycles. The van der Waals surface area contributed by atoms with Crippen molar-refractivity contribution in [2.75, 3.05) is 39.3 Å². The molecule has 2 heterocycles. The van der Waals surface area contributed by atoms with Crippen LogP contribution in [0.3, 0.4) is 0 Å². The third-order valence-electron chi connectivity index (χ3n) is 3.67. The third-order valence-corrected chi connectivity index (χ3v) is 3.67. The zero-order valence-electron chi connectivity index (χ0n) is 14.5. The molecule has 2 rings (SSSR count). The summed E-state index contributed by atoms with van der Waals surface area (Å²) in [5.74, 6) is 0.721. The Morgan fingerprint density at radius 1 is 1.24 bits per heavy atom. The first-order chi connectivity index (χ1) is 12.1. The smallest absolute Gasteiger partial charge is 0.433 e. The van der Waals surface area contributed by atoms with Gasteiger partial charge in [0.15, 0.2) is 17.3 Å². The quantitative estimate of drug-likeness (QED) is 0.373. The third kappa shape index (κ3) is 5.80. The van der Waals surface area contributed by atoms with Crippen LogP contribution in [0.2, 0.25) is 0 Å². The maximum Gasteiger partial charge on any atom is 0.433 e. The van der Waals surface area contributed by atoms with Crippen molar-refractivity contribution in [3.63, 3.8) is 0 Å². The fourth-order valence-corrected chi connectivity index (χ4v) is 2.21. The van der Waals surface area contributed by atoms with Crippen molar-refractivity contribution in [3.05, 3.63) is 34.6 Å². The van der Waals surface area contributed by atoms with Crippen LogP contribution in [-0.2, 0) is 0 Å². The Morgan fingerprint density at radius 2 is 1.96 bits per heavy atom.